The van der Waals surface area contributed by atoms with Gasteiger partial charge in [0.15, 0.2) is 5.96 Å². The van der Waals surface area contributed by atoms with Gasteiger partial charge in [0.1, 0.15) is 11.9 Å². The molecule has 2 N–H and O–H groups in total. The van der Waals surface area contributed by atoms with E-state index in [1.807, 2.05) is 13.8 Å². The van der Waals surface area contributed by atoms with Crippen LogP contribution >= 0.6 is 0 Å². The second kappa shape index (κ2) is 11.5. The molecule has 29 heavy (non-hydrogen) atoms. The first-order chi connectivity index (χ1) is 13.9. The molecule has 1 fully saturated rings. The summed E-state index contributed by atoms with van der Waals surface area (Å²) in [7, 11) is -1.53. The van der Waals surface area contributed by atoms with Crippen LogP contribution in [-0.4, -0.2) is 63.8 Å². The monoisotopic (exact) mass is 428 g/mol. The molecule has 1 unspecified atom stereocenters. The van der Waals surface area contributed by atoms with Gasteiger partial charge in [0.25, 0.3) is 0 Å². The normalized spacial score (nSPS) is 17.9. The van der Waals surface area contributed by atoms with Gasteiger partial charge in [-0.25, -0.2) is 17.1 Å². The molecule has 1 aliphatic heterocycles. The number of hydrogen-bond acceptors (Lipinski definition) is 4. The number of hydrogen-bond donors (Lipinski definition) is 2. The maximum atomic E-state index is 13.1. The highest BCUT2D eigenvalue weighted by atomic mass is 32.2. The lowest BCUT2D eigenvalue weighted by Gasteiger charge is -2.32. The van der Waals surface area contributed by atoms with Gasteiger partial charge in [-0.3, -0.25) is 4.99 Å². The summed E-state index contributed by atoms with van der Waals surface area (Å²) in [5.41, 5.74) is 0.864. The van der Waals surface area contributed by atoms with Gasteiger partial charge < -0.3 is 15.4 Å². The molecule has 0 saturated carbocycles. The first kappa shape index (κ1) is 23.6. The molecular formula is C20H33FN4O3S. The number of ether oxygens (including phenoxy) is 1. The molecule has 1 atom stereocenters. The molecule has 9 heteroatoms. The Balaban J connectivity index is 1.94. The van der Waals surface area contributed by atoms with Gasteiger partial charge in [0, 0.05) is 32.8 Å². The zero-order chi connectivity index (χ0) is 21.3. The summed E-state index contributed by atoms with van der Waals surface area (Å²) in [6.45, 7) is 6.02. The SMILES string of the molecule is CCCS(=O)(=O)N1CCC(NC(=NCC(OC)c2ccc(F)cc2)NCC)CC1. The van der Waals surface area contributed by atoms with Crippen LogP contribution in [0, 0.1) is 5.82 Å². The fraction of sp³-hybridized carbons (Fsp3) is 0.650. The van der Waals surface area contributed by atoms with Gasteiger partial charge >= 0.3 is 0 Å². The van der Waals surface area contributed by atoms with Crippen molar-refractivity contribution in [2.24, 2.45) is 4.99 Å². The molecule has 1 aromatic carbocycles. The molecule has 1 aromatic rings. The van der Waals surface area contributed by atoms with Gasteiger partial charge in [0.2, 0.25) is 10.0 Å². The number of guanidine groups is 1. The number of sulfonamides is 1. The Hall–Kier alpha value is -1.71. The van der Waals surface area contributed by atoms with E-state index in [1.54, 1.807) is 23.5 Å². The van der Waals surface area contributed by atoms with Crippen molar-refractivity contribution >= 4 is 16.0 Å². The van der Waals surface area contributed by atoms with Crippen LogP contribution in [0.3, 0.4) is 0 Å². The molecular weight excluding hydrogens is 395 g/mol. The van der Waals surface area contributed by atoms with E-state index in [4.69, 9.17) is 4.74 Å². The molecule has 0 aromatic heterocycles. The lowest BCUT2D eigenvalue weighted by Crippen LogP contribution is -2.50. The Labute approximate surface area is 173 Å². The number of nitrogens with one attached hydrogen (secondary N) is 2. The summed E-state index contributed by atoms with van der Waals surface area (Å²) in [6.07, 6.45) is 1.83. The average molecular weight is 429 g/mol. The third kappa shape index (κ3) is 7.24. The second-order valence-electron chi connectivity index (χ2n) is 7.13. The summed E-state index contributed by atoms with van der Waals surface area (Å²) < 4.78 is 44.7. The van der Waals surface area contributed by atoms with E-state index < -0.39 is 10.0 Å². The van der Waals surface area contributed by atoms with Gasteiger partial charge in [0.05, 0.1) is 12.3 Å². The van der Waals surface area contributed by atoms with Crippen LogP contribution in [-0.2, 0) is 14.8 Å². The van der Waals surface area contributed by atoms with Gasteiger partial charge in [-0.15, -0.1) is 0 Å². The minimum absolute atomic E-state index is 0.160. The highest BCUT2D eigenvalue weighted by Crippen LogP contribution is 2.18. The molecule has 0 aliphatic carbocycles. The van der Waals surface area contributed by atoms with Gasteiger partial charge in [-0.2, -0.15) is 0 Å². The minimum atomic E-state index is -3.14. The summed E-state index contributed by atoms with van der Waals surface area (Å²) in [5, 5.41) is 6.63. The smallest absolute Gasteiger partial charge is 0.214 e. The van der Waals surface area contributed by atoms with Crippen molar-refractivity contribution in [3.05, 3.63) is 35.6 Å². The second-order valence-corrected chi connectivity index (χ2v) is 9.22. The van der Waals surface area contributed by atoms with Crippen molar-refractivity contribution in [1.82, 2.24) is 14.9 Å². The molecule has 0 radical (unpaired) electrons. The van der Waals surface area contributed by atoms with Crippen molar-refractivity contribution in [3.8, 4) is 0 Å². The van der Waals surface area contributed by atoms with Crippen LogP contribution in [0.1, 0.15) is 44.8 Å². The van der Waals surface area contributed by atoms with E-state index >= 15 is 0 Å². The van der Waals surface area contributed by atoms with Gasteiger partial charge in [-0.05, 0) is 43.9 Å². The summed E-state index contributed by atoms with van der Waals surface area (Å²) in [4.78, 5) is 4.62. The number of piperidine rings is 1. The zero-order valence-electron chi connectivity index (χ0n) is 17.5. The number of rotatable bonds is 9. The average Bonchev–Trinajstić information content (AvgIpc) is 2.70. The molecule has 164 valence electrons. The third-order valence-corrected chi connectivity index (χ3v) is 7.01. The van der Waals surface area contributed by atoms with Crippen molar-refractivity contribution in [2.75, 3.05) is 39.0 Å². The van der Waals surface area contributed by atoms with Crippen LogP contribution in [0.4, 0.5) is 4.39 Å². The molecule has 1 heterocycles. The number of nitrogens with zero attached hydrogens (tertiary/aromatic N) is 2. The van der Waals surface area contributed by atoms with E-state index in [-0.39, 0.29) is 23.7 Å². The van der Waals surface area contributed by atoms with Crippen LogP contribution in [0.15, 0.2) is 29.3 Å². The first-order valence-corrected chi connectivity index (χ1v) is 11.8. The van der Waals surface area contributed by atoms with E-state index in [0.717, 1.165) is 18.4 Å². The predicted molar refractivity (Wildman–Crippen MR) is 114 cm³/mol. The summed E-state index contributed by atoms with van der Waals surface area (Å²) in [6, 6.07) is 6.38. The fourth-order valence-corrected chi connectivity index (χ4v) is 4.89. The minimum Gasteiger partial charge on any atom is -0.375 e. The zero-order valence-corrected chi connectivity index (χ0v) is 18.3. The molecule has 0 bridgehead atoms. The molecule has 0 amide bonds. The standard InChI is InChI=1S/C20H33FN4O3S/c1-4-14-29(26,27)25-12-10-18(11-13-25)24-20(22-5-2)23-15-19(28-3)16-6-8-17(21)9-7-16/h6-9,18-19H,4-5,10-15H2,1-3H3,(H2,22,23,24). The Kier molecular flexibility index (Phi) is 9.32. The number of methoxy groups -OCH3 is 1. The van der Waals surface area contributed by atoms with Crippen LogP contribution in [0.2, 0.25) is 0 Å². The molecule has 7 nitrogen and oxygen atoms in total. The maximum absolute atomic E-state index is 13.1. The number of aliphatic imine (C=N–C) groups is 1. The number of halogens is 1. The predicted octanol–water partition coefficient (Wildman–Crippen LogP) is 2.27. The van der Waals surface area contributed by atoms with Crippen molar-refractivity contribution in [1.29, 1.82) is 0 Å². The maximum Gasteiger partial charge on any atom is 0.214 e. The highest BCUT2D eigenvalue weighted by molar-refractivity contribution is 7.89. The highest BCUT2D eigenvalue weighted by Gasteiger charge is 2.27. The number of benzene rings is 1. The van der Waals surface area contributed by atoms with E-state index in [1.165, 1.54) is 12.1 Å². The quantitative estimate of drug-likeness (QED) is 0.466. The van der Waals surface area contributed by atoms with E-state index in [2.05, 4.69) is 15.6 Å². The van der Waals surface area contributed by atoms with E-state index in [9.17, 15) is 12.8 Å². The van der Waals surface area contributed by atoms with Crippen LogP contribution in [0.25, 0.3) is 0 Å². The first-order valence-electron chi connectivity index (χ1n) is 10.2. The summed E-state index contributed by atoms with van der Waals surface area (Å²) in [5.74, 6) is 0.595. The van der Waals surface area contributed by atoms with Crippen molar-refractivity contribution < 1.29 is 17.5 Å². The van der Waals surface area contributed by atoms with Crippen LogP contribution in [0.5, 0.6) is 0 Å². The molecule has 2 rings (SSSR count). The third-order valence-electron chi connectivity index (χ3n) is 4.94. The largest absolute Gasteiger partial charge is 0.375 e. The van der Waals surface area contributed by atoms with Crippen molar-refractivity contribution in [2.45, 2.75) is 45.3 Å². The molecule has 1 saturated heterocycles. The van der Waals surface area contributed by atoms with E-state index in [0.29, 0.717) is 38.6 Å². The molecule has 0 spiro atoms. The lowest BCUT2D eigenvalue weighted by atomic mass is 10.1. The summed E-state index contributed by atoms with van der Waals surface area (Å²) >= 11 is 0. The Morgan fingerprint density at radius 2 is 1.93 bits per heavy atom. The Morgan fingerprint density at radius 1 is 1.28 bits per heavy atom. The lowest BCUT2D eigenvalue weighted by molar-refractivity contribution is 0.111. The Morgan fingerprint density at radius 3 is 2.48 bits per heavy atom. The Bertz CT molecular complexity index is 747. The topological polar surface area (TPSA) is 83.0 Å². The van der Waals surface area contributed by atoms with Gasteiger partial charge in [-0.1, -0.05) is 19.1 Å². The molecule has 1 aliphatic rings. The van der Waals surface area contributed by atoms with Crippen LogP contribution < -0.4 is 10.6 Å². The fourth-order valence-electron chi connectivity index (χ4n) is 3.35. The van der Waals surface area contributed by atoms with Crippen molar-refractivity contribution in [3.63, 3.8) is 0 Å².